The summed E-state index contributed by atoms with van der Waals surface area (Å²) in [7, 11) is 1.62. The number of anilines is 1. The Morgan fingerprint density at radius 3 is 2.41 bits per heavy atom. The van der Waals surface area contributed by atoms with E-state index in [-0.39, 0.29) is 17.6 Å². The summed E-state index contributed by atoms with van der Waals surface area (Å²) >= 11 is 0. The molecule has 0 aliphatic carbocycles. The Morgan fingerprint density at radius 1 is 1.11 bits per heavy atom. The number of aryl methyl sites for hydroxylation is 1. The second-order valence-electron chi connectivity index (χ2n) is 6.43. The average Bonchev–Trinajstić information content (AvgIpc) is 2.63. The number of nitrogens with one attached hydrogen (secondary N) is 1. The molecule has 0 radical (unpaired) electrons. The third kappa shape index (κ3) is 6.33. The van der Waals surface area contributed by atoms with E-state index in [0.717, 1.165) is 17.7 Å². The summed E-state index contributed by atoms with van der Waals surface area (Å²) in [5.41, 5.74) is 1.60. The van der Waals surface area contributed by atoms with Crippen molar-refractivity contribution in [1.82, 2.24) is 0 Å². The zero-order chi connectivity index (χ0) is 19.8. The summed E-state index contributed by atoms with van der Waals surface area (Å²) in [5.74, 6) is 0.0201. The predicted molar refractivity (Wildman–Crippen MR) is 104 cm³/mol. The lowest BCUT2D eigenvalue weighted by Crippen LogP contribution is -2.15. The molecule has 0 aromatic heterocycles. The third-order valence-electron chi connectivity index (χ3n) is 3.89. The fraction of sp³-hybridized carbons (Fsp3) is 0.333. The second-order valence-corrected chi connectivity index (χ2v) is 6.43. The van der Waals surface area contributed by atoms with Crippen LogP contribution in [0.5, 0.6) is 11.5 Å². The molecule has 2 aromatic carbocycles. The maximum Gasteiger partial charge on any atom is 0.335 e. The van der Waals surface area contributed by atoms with Crippen LogP contribution in [0.1, 0.15) is 42.6 Å². The number of carbonyl (C=O) groups excluding carboxylic acids is 1. The van der Waals surface area contributed by atoms with Gasteiger partial charge < -0.3 is 19.9 Å². The van der Waals surface area contributed by atoms with Gasteiger partial charge in [-0.1, -0.05) is 12.1 Å². The van der Waals surface area contributed by atoms with Crippen LogP contribution in [0, 0.1) is 0 Å². The molecule has 2 N–H and O–H groups in total. The van der Waals surface area contributed by atoms with E-state index in [9.17, 15) is 9.59 Å². The molecule has 0 spiro atoms. The standard InChI is InChI=1S/C21H25NO5/c1-14(2)27-19-12-9-16(21(24)25)13-18(19)22-20(23)6-4-5-15-7-10-17(26-3)11-8-15/h7-14H,4-6H2,1-3H3,(H,22,23)(H,24,25). The van der Waals surface area contributed by atoms with Crippen molar-refractivity contribution in [2.45, 2.75) is 39.2 Å². The maximum absolute atomic E-state index is 12.3. The van der Waals surface area contributed by atoms with E-state index in [0.29, 0.717) is 24.3 Å². The number of hydrogen-bond acceptors (Lipinski definition) is 4. The Balaban J connectivity index is 1.96. The number of carboxylic acids is 1. The first kappa shape index (κ1) is 20.3. The Morgan fingerprint density at radius 2 is 1.81 bits per heavy atom. The number of ether oxygens (including phenoxy) is 2. The van der Waals surface area contributed by atoms with Gasteiger partial charge in [0.1, 0.15) is 11.5 Å². The summed E-state index contributed by atoms with van der Waals surface area (Å²) in [4.78, 5) is 23.5. The molecule has 1 amide bonds. The van der Waals surface area contributed by atoms with Gasteiger partial charge in [0, 0.05) is 6.42 Å². The third-order valence-corrected chi connectivity index (χ3v) is 3.89. The van der Waals surface area contributed by atoms with Crippen molar-refractivity contribution >= 4 is 17.6 Å². The van der Waals surface area contributed by atoms with Gasteiger partial charge in [-0.15, -0.1) is 0 Å². The number of benzene rings is 2. The zero-order valence-electron chi connectivity index (χ0n) is 15.8. The molecule has 0 atom stereocenters. The Hall–Kier alpha value is -3.02. The first-order valence-electron chi connectivity index (χ1n) is 8.86. The largest absolute Gasteiger partial charge is 0.497 e. The Kier molecular flexibility index (Phi) is 7.23. The maximum atomic E-state index is 12.3. The van der Waals surface area contributed by atoms with Gasteiger partial charge in [-0.2, -0.15) is 0 Å². The molecule has 0 aliphatic heterocycles. The van der Waals surface area contributed by atoms with E-state index in [1.807, 2.05) is 38.1 Å². The minimum Gasteiger partial charge on any atom is -0.497 e. The van der Waals surface area contributed by atoms with Gasteiger partial charge in [-0.05, 0) is 62.6 Å². The van der Waals surface area contributed by atoms with Crippen LogP contribution < -0.4 is 14.8 Å². The number of carbonyl (C=O) groups is 2. The summed E-state index contributed by atoms with van der Waals surface area (Å²) in [6.45, 7) is 3.73. The first-order chi connectivity index (χ1) is 12.9. The molecule has 27 heavy (non-hydrogen) atoms. The van der Waals surface area contributed by atoms with Crippen LogP contribution in [0.2, 0.25) is 0 Å². The lowest BCUT2D eigenvalue weighted by Gasteiger charge is -2.15. The molecule has 2 aromatic rings. The number of rotatable bonds is 9. The van der Waals surface area contributed by atoms with Crippen LogP contribution >= 0.6 is 0 Å². The van der Waals surface area contributed by atoms with E-state index in [4.69, 9.17) is 14.6 Å². The van der Waals surface area contributed by atoms with Gasteiger partial charge in [0.15, 0.2) is 0 Å². The van der Waals surface area contributed by atoms with E-state index < -0.39 is 5.97 Å². The van der Waals surface area contributed by atoms with Gasteiger partial charge in [-0.25, -0.2) is 4.79 Å². The molecule has 0 saturated carbocycles. The molecule has 144 valence electrons. The van der Waals surface area contributed by atoms with Crippen molar-refractivity contribution in [1.29, 1.82) is 0 Å². The van der Waals surface area contributed by atoms with Crippen LogP contribution in [0.3, 0.4) is 0 Å². The molecule has 2 rings (SSSR count). The molecule has 0 heterocycles. The smallest absolute Gasteiger partial charge is 0.335 e. The van der Waals surface area contributed by atoms with Crippen molar-refractivity contribution in [2.24, 2.45) is 0 Å². The number of carboxylic acid groups (broad SMARTS) is 1. The topological polar surface area (TPSA) is 84.9 Å². The monoisotopic (exact) mass is 371 g/mol. The summed E-state index contributed by atoms with van der Waals surface area (Å²) < 4.78 is 10.8. The minimum atomic E-state index is -1.05. The fourth-order valence-electron chi connectivity index (χ4n) is 2.58. The van der Waals surface area contributed by atoms with Crippen molar-refractivity contribution in [3.63, 3.8) is 0 Å². The summed E-state index contributed by atoms with van der Waals surface area (Å²) in [6.07, 6.45) is 1.68. The van der Waals surface area contributed by atoms with Crippen LogP contribution in [-0.2, 0) is 11.2 Å². The molecule has 0 fully saturated rings. The molecular formula is C21H25NO5. The minimum absolute atomic E-state index is 0.0913. The molecule has 0 aliphatic rings. The van der Waals surface area contributed by atoms with Crippen molar-refractivity contribution < 1.29 is 24.2 Å². The molecule has 0 unspecified atom stereocenters. The second kappa shape index (κ2) is 9.62. The van der Waals surface area contributed by atoms with Gasteiger partial charge in [0.2, 0.25) is 5.91 Å². The van der Waals surface area contributed by atoms with E-state index in [2.05, 4.69) is 5.32 Å². The zero-order valence-corrected chi connectivity index (χ0v) is 15.8. The lowest BCUT2D eigenvalue weighted by molar-refractivity contribution is -0.116. The number of aromatic carboxylic acids is 1. The SMILES string of the molecule is COc1ccc(CCCC(=O)Nc2cc(C(=O)O)ccc2OC(C)C)cc1. The summed E-state index contributed by atoms with van der Waals surface area (Å²) in [6, 6.07) is 12.2. The van der Waals surface area contributed by atoms with Crippen molar-refractivity contribution in [2.75, 3.05) is 12.4 Å². The Bertz CT molecular complexity index is 784. The highest BCUT2D eigenvalue weighted by Gasteiger charge is 2.13. The normalized spacial score (nSPS) is 10.5. The molecule has 6 heteroatoms. The predicted octanol–water partition coefficient (Wildman–Crippen LogP) is 4.14. The quantitative estimate of drug-likeness (QED) is 0.692. The van der Waals surface area contributed by atoms with Crippen LogP contribution in [0.4, 0.5) is 5.69 Å². The van der Waals surface area contributed by atoms with Crippen LogP contribution in [0.25, 0.3) is 0 Å². The summed E-state index contributed by atoms with van der Waals surface area (Å²) in [5, 5.41) is 11.9. The molecule has 6 nitrogen and oxygen atoms in total. The van der Waals surface area contributed by atoms with Gasteiger partial charge >= 0.3 is 5.97 Å². The molecule has 0 bridgehead atoms. The van der Waals surface area contributed by atoms with Crippen molar-refractivity contribution in [3.8, 4) is 11.5 Å². The molecular weight excluding hydrogens is 346 g/mol. The highest BCUT2D eigenvalue weighted by atomic mass is 16.5. The van der Waals surface area contributed by atoms with Gasteiger partial charge in [0.05, 0.1) is 24.5 Å². The first-order valence-corrected chi connectivity index (χ1v) is 8.86. The van der Waals surface area contributed by atoms with E-state index >= 15 is 0 Å². The molecule has 0 saturated heterocycles. The van der Waals surface area contributed by atoms with Gasteiger partial charge in [0.25, 0.3) is 0 Å². The van der Waals surface area contributed by atoms with E-state index in [1.165, 1.54) is 12.1 Å². The lowest BCUT2D eigenvalue weighted by atomic mass is 10.1. The Labute approximate surface area is 159 Å². The highest BCUT2D eigenvalue weighted by molar-refractivity contribution is 5.95. The number of hydrogen-bond donors (Lipinski definition) is 2. The van der Waals surface area contributed by atoms with Crippen LogP contribution in [-0.4, -0.2) is 30.2 Å². The highest BCUT2D eigenvalue weighted by Crippen LogP contribution is 2.27. The average molecular weight is 371 g/mol. The van der Waals surface area contributed by atoms with E-state index in [1.54, 1.807) is 13.2 Å². The fourth-order valence-corrected chi connectivity index (χ4v) is 2.58. The van der Waals surface area contributed by atoms with Crippen LogP contribution in [0.15, 0.2) is 42.5 Å². The number of amides is 1. The van der Waals surface area contributed by atoms with Gasteiger partial charge in [-0.3, -0.25) is 4.79 Å². The van der Waals surface area contributed by atoms with Crippen molar-refractivity contribution in [3.05, 3.63) is 53.6 Å². The number of methoxy groups -OCH3 is 1.